The SMILES string of the molecule is CCOc1cc(C(=O)Nc2ccnn2Cc2ccccc2)ccc1OCc1cccnc1. The van der Waals surface area contributed by atoms with E-state index in [1.165, 1.54) is 0 Å². The topological polar surface area (TPSA) is 78.3 Å². The monoisotopic (exact) mass is 428 g/mol. The van der Waals surface area contributed by atoms with Gasteiger partial charge in [-0.2, -0.15) is 5.10 Å². The van der Waals surface area contributed by atoms with Gasteiger partial charge in [0.2, 0.25) is 0 Å². The molecule has 2 aromatic heterocycles. The number of nitrogens with zero attached hydrogens (tertiary/aromatic N) is 3. The lowest BCUT2D eigenvalue weighted by Crippen LogP contribution is -2.16. The van der Waals surface area contributed by atoms with Crippen LogP contribution in [-0.4, -0.2) is 27.3 Å². The second-order valence-electron chi connectivity index (χ2n) is 7.06. The quantitative estimate of drug-likeness (QED) is 0.423. The van der Waals surface area contributed by atoms with Crippen LogP contribution in [0.5, 0.6) is 11.5 Å². The molecule has 7 heteroatoms. The van der Waals surface area contributed by atoms with E-state index >= 15 is 0 Å². The zero-order valence-electron chi connectivity index (χ0n) is 17.8. The molecule has 4 rings (SSSR count). The number of hydrogen-bond acceptors (Lipinski definition) is 5. The fourth-order valence-corrected chi connectivity index (χ4v) is 3.19. The highest BCUT2D eigenvalue weighted by molar-refractivity contribution is 6.04. The first-order chi connectivity index (χ1) is 15.7. The number of benzene rings is 2. The lowest BCUT2D eigenvalue weighted by molar-refractivity contribution is 0.102. The first-order valence-electron chi connectivity index (χ1n) is 10.4. The van der Waals surface area contributed by atoms with Crippen LogP contribution in [0, 0.1) is 0 Å². The molecule has 1 amide bonds. The zero-order chi connectivity index (χ0) is 22.2. The normalized spacial score (nSPS) is 10.5. The molecule has 0 aliphatic heterocycles. The Morgan fingerprint density at radius 2 is 1.78 bits per heavy atom. The van der Waals surface area contributed by atoms with Crippen molar-refractivity contribution in [2.24, 2.45) is 0 Å². The number of carbonyl (C=O) groups is 1. The molecule has 0 radical (unpaired) electrons. The molecule has 162 valence electrons. The summed E-state index contributed by atoms with van der Waals surface area (Å²) in [5, 5.41) is 7.26. The minimum absolute atomic E-state index is 0.250. The molecule has 2 heterocycles. The Balaban J connectivity index is 1.47. The third-order valence-corrected chi connectivity index (χ3v) is 4.76. The van der Waals surface area contributed by atoms with E-state index in [4.69, 9.17) is 9.47 Å². The summed E-state index contributed by atoms with van der Waals surface area (Å²) in [5.74, 6) is 1.46. The van der Waals surface area contributed by atoms with E-state index in [0.29, 0.717) is 42.6 Å². The summed E-state index contributed by atoms with van der Waals surface area (Å²) in [6.45, 7) is 3.27. The van der Waals surface area contributed by atoms with Crippen molar-refractivity contribution in [1.29, 1.82) is 0 Å². The van der Waals surface area contributed by atoms with Gasteiger partial charge < -0.3 is 14.8 Å². The average molecular weight is 428 g/mol. The van der Waals surface area contributed by atoms with E-state index in [0.717, 1.165) is 11.1 Å². The molecule has 0 spiro atoms. The number of carbonyl (C=O) groups excluding carboxylic acids is 1. The summed E-state index contributed by atoms with van der Waals surface area (Å²) >= 11 is 0. The Bertz CT molecular complexity index is 1160. The molecular weight excluding hydrogens is 404 g/mol. The summed E-state index contributed by atoms with van der Waals surface area (Å²) < 4.78 is 13.4. The van der Waals surface area contributed by atoms with E-state index in [1.54, 1.807) is 47.5 Å². The maximum atomic E-state index is 12.9. The van der Waals surface area contributed by atoms with Gasteiger partial charge in [0, 0.05) is 29.6 Å². The predicted octanol–water partition coefficient (Wildman–Crippen LogP) is 4.56. The Morgan fingerprint density at radius 1 is 0.938 bits per heavy atom. The van der Waals surface area contributed by atoms with Crippen molar-refractivity contribution in [3.8, 4) is 11.5 Å². The van der Waals surface area contributed by atoms with Crippen molar-refractivity contribution in [2.75, 3.05) is 11.9 Å². The van der Waals surface area contributed by atoms with Gasteiger partial charge in [-0.1, -0.05) is 36.4 Å². The number of rotatable bonds is 9. The molecule has 0 atom stereocenters. The number of pyridine rings is 1. The molecule has 0 aliphatic rings. The third kappa shape index (κ3) is 5.31. The van der Waals surface area contributed by atoms with Gasteiger partial charge in [0.05, 0.1) is 19.3 Å². The lowest BCUT2D eigenvalue weighted by Gasteiger charge is -2.14. The molecule has 4 aromatic rings. The highest BCUT2D eigenvalue weighted by Crippen LogP contribution is 2.29. The smallest absolute Gasteiger partial charge is 0.256 e. The fraction of sp³-hybridized carbons (Fsp3) is 0.160. The Labute approximate surface area is 186 Å². The molecular formula is C25H24N4O3. The summed E-state index contributed by atoms with van der Waals surface area (Å²) in [6, 6.07) is 20.7. The standard InChI is InChI=1S/C25H24N4O3/c1-2-31-23-15-21(10-11-22(23)32-18-20-9-6-13-26-16-20)25(30)28-24-12-14-27-29(24)17-19-7-4-3-5-8-19/h3-16H,2,17-18H2,1H3,(H,28,30). The molecule has 32 heavy (non-hydrogen) atoms. The van der Waals surface area contributed by atoms with E-state index in [1.807, 2.05) is 49.4 Å². The van der Waals surface area contributed by atoms with Crippen LogP contribution >= 0.6 is 0 Å². The van der Waals surface area contributed by atoms with Crippen molar-refractivity contribution in [3.63, 3.8) is 0 Å². The zero-order valence-corrected chi connectivity index (χ0v) is 17.8. The van der Waals surface area contributed by atoms with Crippen LogP contribution in [0.1, 0.15) is 28.4 Å². The third-order valence-electron chi connectivity index (χ3n) is 4.76. The van der Waals surface area contributed by atoms with Crippen LogP contribution in [0.2, 0.25) is 0 Å². The van der Waals surface area contributed by atoms with Crippen LogP contribution in [0.3, 0.4) is 0 Å². The van der Waals surface area contributed by atoms with Crippen molar-refractivity contribution in [3.05, 3.63) is 102 Å². The Kier molecular flexibility index (Phi) is 6.77. The van der Waals surface area contributed by atoms with E-state index in [-0.39, 0.29) is 5.91 Å². The van der Waals surface area contributed by atoms with Crippen LogP contribution < -0.4 is 14.8 Å². The van der Waals surface area contributed by atoms with E-state index < -0.39 is 0 Å². The summed E-state index contributed by atoms with van der Waals surface area (Å²) in [5.41, 5.74) is 2.51. The first kappa shape index (κ1) is 21.1. The van der Waals surface area contributed by atoms with Crippen molar-refractivity contribution >= 4 is 11.7 Å². The second kappa shape index (κ2) is 10.3. The number of aromatic nitrogens is 3. The second-order valence-corrected chi connectivity index (χ2v) is 7.06. The van der Waals surface area contributed by atoms with Gasteiger partial charge in [-0.3, -0.25) is 9.78 Å². The number of nitrogens with one attached hydrogen (secondary N) is 1. The predicted molar refractivity (Wildman–Crippen MR) is 122 cm³/mol. The maximum Gasteiger partial charge on any atom is 0.256 e. The fourth-order valence-electron chi connectivity index (χ4n) is 3.19. The molecule has 0 aliphatic carbocycles. The van der Waals surface area contributed by atoms with Crippen molar-refractivity contribution in [2.45, 2.75) is 20.1 Å². The molecule has 7 nitrogen and oxygen atoms in total. The van der Waals surface area contributed by atoms with Gasteiger partial charge in [-0.15, -0.1) is 0 Å². The number of hydrogen-bond donors (Lipinski definition) is 1. The molecule has 2 aromatic carbocycles. The number of amides is 1. The van der Waals surface area contributed by atoms with Gasteiger partial charge in [0.1, 0.15) is 12.4 Å². The van der Waals surface area contributed by atoms with Gasteiger partial charge >= 0.3 is 0 Å². The Hall–Kier alpha value is -4.13. The van der Waals surface area contributed by atoms with E-state index in [9.17, 15) is 4.79 Å². The molecule has 0 fully saturated rings. The number of anilines is 1. The van der Waals surface area contributed by atoms with Gasteiger partial charge in [-0.25, -0.2) is 4.68 Å². The van der Waals surface area contributed by atoms with Crippen LogP contribution in [-0.2, 0) is 13.2 Å². The summed E-state index contributed by atoms with van der Waals surface area (Å²) in [6.07, 6.45) is 5.13. The minimum Gasteiger partial charge on any atom is -0.490 e. The molecule has 0 saturated heterocycles. The number of ether oxygens (including phenoxy) is 2. The van der Waals surface area contributed by atoms with Gasteiger partial charge in [0.25, 0.3) is 5.91 Å². The largest absolute Gasteiger partial charge is 0.490 e. The van der Waals surface area contributed by atoms with E-state index in [2.05, 4.69) is 15.4 Å². The highest BCUT2D eigenvalue weighted by atomic mass is 16.5. The molecule has 1 N–H and O–H groups in total. The van der Waals surface area contributed by atoms with Crippen molar-refractivity contribution < 1.29 is 14.3 Å². The first-order valence-corrected chi connectivity index (χ1v) is 10.4. The average Bonchev–Trinajstić information content (AvgIpc) is 3.26. The Morgan fingerprint density at radius 3 is 2.56 bits per heavy atom. The molecule has 0 bridgehead atoms. The minimum atomic E-state index is -0.250. The lowest BCUT2D eigenvalue weighted by atomic mass is 10.2. The summed E-state index contributed by atoms with van der Waals surface area (Å²) in [4.78, 5) is 17.0. The maximum absolute atomic E-state index is 12.9. The van der Waals surface area contributed by atoms with Crippen LogP contribution in [0.4, 0.5) is 5.82 Å². The van der Waals surface area contributed by atoms with Crippen LogP contribution in [0.25, 0.3) is 0 Å². The van der Waals surface area contributed by atoms with Gasteiger partial charge in [-0.05, 0) is 36.8 Å². The summed E-state index contributed by atoms with van der Waals surface area (Å²) in [7, 11) is 0. The van der Waals surface area contributed by atoms with Crippen LogP contribution in [0.15, 0.2) is 85.3 Å². The molecule has 0 saturated carbocycles. The van der Waals surface area contributed by atoms with Gasteiger partial charge in [0.15, 0.2) is 11.5 Å². The van der Waals surface area contributed by atoms with Crippen molar-refractivity contribution in [1.82, 2.24) is 14.8 Å². The highest BCUT2D eigenvalue weighted by Gasteiger charge is 2.14. The molecule has 0 unspecified atom stereocenters.